The fourth-order valence-electron chi connectivity index (χ4n) is 3.93. The number of aromatic nitrogens is 4. The normalized spacial score (nSPS) is 13.3. The van der Waals surface area contributed by atoms with Gasteiger partial charge in [0.2, 0.25) is 17.9 Å². The van der Waals surface area contributed by atoms with Gasteiger partial charge in [0.15, 0.2) is 5.60 Å². The van der Waals surface area contributed by atoms with E-state index in [4.69, 9.17) is 18.9 Å². The molecule has 1 N–H and O–H groups in total. The monoisotopic (exact) mass is 488 g/mol. The third-order valence-corrected chi connectivity index (χ3v) is 5.60. The molecule has 0 aliphatic heterocycles. The Morgan fingerprint density at radius 3 is 2.06 bits per heavy atom. The molecule has 0 saturated carbocycles. The van der Waals surface area contributed by atoms with Gasteiger partial charge in [-0.25, -0.2) is 14.8 Å². The van der Waals surface area contributed by atoms with Crippen LogP contribution in [-0.4, -0.2) is 58.4 Å². The van der Waals surface area contributed by atoms with Crippen LogP contribution in [0.4, 0.5) is 0 Å². The Labute approximate surface area is 207 Å². The molecule has 0 spiro atoms. The molecule has 2 unspecified atom stereocenters. The van der Waals surface area contributed by atoms with Crippen molar-refractivity contribution >= 4 is 5.97 Å². The van der Waals surface area contributed by atoms with Crippen molar-refractivity contribution < 1.29 is 28.8 Å². The van der Waals surface area contributed by atoms with Crippen molar-refractivity contribution in [1.82, 2.24) is 19.9 Å². The first kappa shape index (κ1) is 24.6. The summed E-state index contributed by atoms with van der Waals surface area (Å²) in [7, 11) is 4.27. The van der Waals surface area contributed by atoms with E-state index in [2.05, 4.69) is 19.9 Å². The van der Waals surface area contributed by atoms with Gasteiger partial charge < -0.3 is 24.1 Å². The molecule has 36 heavy (non-hydrogen) atoms. The molecule has 0 bridgehead atoms. The smallest absolute Gasteiger partial charge is 0.348 e. The van der Waals surface area contributed by atoms with Gasteiger partial charge in [-0.15, -0.1) is 0 Å². The van der Waals surface area contributed by atoms with E-state index in [1.165, 1.54) is 33.7 Å². The van der Waals surface area contributed by atoms with Crippen molar-refractivity contribution in [2.75, 3.05) is 21.3 Å². The molecule has 0 amide bonds. The van der Waals surface area contributed by atoms with Gasteiger partial charge in [0.05, 0.1) is 20.3 Å². The topological polar surface area (TPSA) is 126 Å². The Kier molecular flexibility index (Phi) is 7.36. The van der Waals surface area contributed by atoms with Crippen LogP contribution in [0.2, 0.25) is 0 Å². The number of carboxylic acids is 1. The van der Waals surface area contributed by atoms with Gasteiger partial charge in [-0.1, -0.05) is 48.5 Å². The average molecular weight is 489 g/mol. The minimum Gasteiger partial charge on any atom is -0.481 e. The number of hydrogen-bond donors (Lipinski definition) is 1. The van der Waals surface area contributed by atoms with E-state index in [1.54, 1.807) is 48.8 Å². The minimum absolute atomic E-state index is 0.148. The van der Waals surface area contributed by atoms with Crippen LogP contribution in [0.15, 0.2) is 79.4 Å². The summed E-state index contributed by atoms with van der Waals surface area (Å²) in [6.07, 6.45) is 3.17. The number of carboxylic acid groups (broad SMARTS) is 1. The Morgan fingerprint density at radius 1 is 0.833 bits per heavy atom. The van der Waals surface area contributed by atoms with Crippen molar-refractivity contribution in [3.63, 3.8) is 0 Å². The second kappa shape index (κ2) is 10.8. The summed E-state index contributed by atoms with van der Waals surface area (Å²) >= 11 is 0. The van der Waals surface area contributed by atoms with E-state index < -0.39 is 17.7 Å². The molecule has 4 rings (SSSR count). The van der Waals surface area contributed by atoms with Gasteiger partial charge in [0.25, 0.3) is 0 Å². The average Bonchev–Trinajstić information content (AvgIpc) is 2.94. The zero-order valence-electron chi connectivity index (χ0n) is 19.9. The summed E-state index contributed by atoms with van der Waals surface area (Å²) in [6.45, 7) is 0. The van der Waals surface area contributed by atoms with E-state index in [0.29, 0.717) is 11.1 Å². The number of methoxy groups -OCH3 is 3. The number of nitrogens with zero attached hydrogens (tertiary/aromatic N) is 4. The van der Waals surface area contributed by atoms with Crippen LogP contribution in [0.5, 0.6) is 17.8 Å². The fraction of sp³-hybridized carbons (Fsp3) is 0.192. The standard InChI is InChI=1S/C26H24N4O6/c1-33-21-13-22(34-2)30-25(29-21)36-23(24(31)32)26(35-3,19-9-5-4-6-10-19)20-11-7-8-17(12-20)18-14-27-16-28-15-18/h4-16,23H,1-3H3,(H,31,32). The van der Waals surface area contributed by atoms with Crippen molar-refractivity contribution in [2.45, 2.75) is 11.7 Å². The van der Waals surface area contributed by atoms with Crippen molar-refractivity contribution in [1.29, 1.82) is 0 Å². The second-order valence-electron chi connectivity index (χ2n) is 7.59. The summed E-state index contributed by atoms with van der Waals surface area (Å²) in [5, 5.41) is 10.4. The molecule has 184 valence electrons. The largest absolute Gasteiger partial charge is 0.481 e. The van der Waals surface area contributed by atoms with Crippen molar-refractivity contribution in [3.05, 3.63) is 90.5 Å². The maximum absolute atomic E-state index is 12.8. The molecule has 4 aromatic rings. The molecule has 0 saturated heterocycles. The first-order valence-corrected chi connectivity index (χ1v) is 10.8. The van der Waals surface area contributed by atoms with Crippen LogP contribution in [0.1, 0.15) is 11.1 Å². The third-order valence-electron chi connectivity index (χ3n) is 5.60. The summed E-state index contributed by atoms with van der Waals surface area (Å²) in [5.74, 6) is -0.996. The summed E-state index contributed by atoms with van der Waals surface area (Å²) in [4.78, 5) is 29.2. The lowest BCUT2D eigenvalue weighted by atomic mass is 9.80. The maximum Gasteiger partial charge on any atom is 0.348 e. The van der Waals surface area contributed by atoms with Gasteiger partial charge in [0, 0.05) is 25.1 Å². The lowest BCUT2D eigenvalue weighted by Gasteiger charge is -2.38. The summed E-state index contributed by atoms with van der Waals surface area (Å²) in [5.41, 5.74) is 1.01. The van der Waals surface area contributed by atoms with Gasteiger partial charge in [-0.3, -0.25) is 0 Å². The van der Waals surface area contributed by atoms with Crippen LogP contribution in [0, 0.1) is 0 Å². The number of carbonyl (C=O) groups is 1. The zero-order chi connectivity index (χ0) is 25.5. The minimum atomic E-state index is -1.61. The van der Waals surface area contributed by atoms with Crippen molar-refractivity contribution in [3.8, 4) is 28.9 Å². The highest BCUT2D eigenvalue weighted by Gasteiger charge is 2.49. The molecule has 0 fully saturated rings. The summed E-state index contributed by atoms with van der Waals surface area (Å²) < 4.78 is 22.4. The number of ether oxygens (including phenoxy) is 4. The van der Waals surface area contributed by atoms with Gasteiger partial charge in [-0.2, -0.15) is 9.97 Å². The maximum atomic E-state index is 12.8. The lowest BCUT2D eigenvalue weighted by molar-refractivity contribution is -0.160. The Hall–Kier alpha value is -4.57. The lowest BCUT2D eigenvalue weighted by Crippen LogP contribution is -2.50. The highest BCUT2D eigenvalue weighted by Crippen LogP contribution is 2.40. The molecule has 2 heterocycles. The predicted molar refractivity (Wildman–Crippen MR) is 129 cm³/mol. The van der Waals surface area contributed by atoms with Gasteiger partial charge >= 0.3 is 12.0 Å². The highest BCUT2D eigenvalue weighted by atomic mass is 16.6. The number of aliphatic carboxylic acids is 1. The molecule has 0 radical (unpaired) electrons. The van der Waals surface area contributed by atoms with Crippen LogP contribution in [0.3, 0.4) is 0 Å². The van der Waals surface area contributed by atoms with Gasteiger partial charge in [0.1, 0.15) is 6.33 Å². The van der Waals surface area contributed by atoms with E-state index in [1.807, 2.05) is 18.2 Å². The number of benzene rings is 2. The second-order valence-corrected chi connectivity index (χ2v) is 7.59. The quantitative estimate of drug-likeness (QED) is 0.355. The van der Waals surface area contributed by atoms with E-state index in [0.717, 1.165) is 11.1 Å². The first-order valence-electron chi connectivity index (χ1n) is 10.8. The SMILES string of the molecule is COc1cc(OC)nc(OC(C(=O)O)C(OC)(c2ccccc2)c2cccc(-c3cncnc3)c2)n1. The van der Waals surface area contributed by atoms with E-state index in [-0.39, 0.29) is 17.8 Å². The zero-order valence-corrected chi connectivity index (χ0v) is 19.9. The Bertz CT molecular complexity index is 1300. The van der Waals surface area contributed by atoms with Crippen LogP contribution >= 0.6 is 0 Å². The van der Waals surface area contributed by atoms with Crippen LogP contribution < -0.4 is 14.2 Å². The van der Waals surface area contributed by atoms with E-state index >= 15 is 0 Å². The van der Waals surface area contributed by atoms with E-state index in [9.17, 15) is 9.90 Å². The number of hydrogen-bond acceptors (Lipinski definition) is 9. The Morgan fingerprint density at radius 2 is 1.47 bits per heavy atom. The molecule has 0 aliphatic rings. The molecule has 10 heteroatoms. The predicted octanol–water partition coefficient (Wildman–Crippen LogP) is 3.37. The third kappa shape index (κ3) is 4.80. The fourth-order valence-corrected chi connectivity index (χ4v) is 3.93. The molecule has 10 nitrogen and oxygen atoms in total. The number of rotatable bonds is 10. The molecular weight excluding hydrogens is 464 g/mol. The first-order chi connectivity index (χ1) is 17.5. The van der Waals surface area contributed by atoms with Crippen LogP contribution in [0.25, 0.3) is 11.1 Å². The highest BCUT2D eigenvalue weighted by molar-refractivity contribution is 5.77. The Balaban J connectivity index is 1.91. The van der Waals surface area contributed by atoms with Gasteiger partial charge in [-0.05, 0) is 22.8 Å². The molecule has 2 atom stereocenters. The van der Waals surface area contributed by atoms with Crippen LogP contribution in [-0.2, 0) is 15.1 Å². The molecule has 2 aromatic carbocycles. The molecular formula is C26H24N4O6. The summed E-state index contributed by atoms with van der Waals surface area (Å²) in [6, 6.07) is 17.4. The molecule has 0 aliphatic carbocycles. The van der Waals surface area contributed by atoms with Crippen molar-refractivity contribution in [2.24, 2.45) is 0 Å². The molecule has 2 aromatic heterocycles.